The Morgan fingerprint density at radius 2 is 1.85 bits per heavy atom. The average Bonchev–Trinajstić information content (AvgIpc) is 3.23. The zero-order valence-corrected chi connectivity index (χ0v) is 15.0. The Morgan fingerprint density at radius 1 is 1.00 bits per heavy atom. The van der Waals surface area contributed by atoms with Gasteiger partial charge in [0.2, 0.25) is 11.9 Å². The molecule has 2 aromatic rings. The molecule has 0 aromatic carbocycles. The maximum absolute atomic E-state index is 13.0. The Balaban J connectivity index is 1.54. The summed E-state index contributed by atoms with van der Waals surface area (Å²) < 4.78 is 0. The molecule has 0 spiro atoms. The van der Waals surface area contributed by atoms with Crippen LogP contribution in [0.5, 0.6) is 0 Å². The highest BCUT2D eigenvalue weighted by Gasteiger charge is 2.34. The lowest BCUT2D eigenvalue weighted by Crippen LogP contribution is -2.41. The van der Waals surface area contributed by atoms with E-state index in [1.165, 1.54) is 12.8 Å². The highest BCUT2D eigenvalue weighted by atomic mass is 16.2. The summed E-state index contributed by atoms with van der Waals surface area (Å²) in [5, 5.41) is 3.15. The van der Waals surface area contributed by atoms with Gasteiger partial charge in [0.25, 0.3) is 0 Å². The molecule has 0 radical (unpaired) electrons. The number of nitrogens with one attached hydrogen (secondary N) is 1. The summed E-state index contributed by atoms with van der Waals surface area (Å²) in [7, 11) is 0. The van der Waals surface area contributed by atoms with E-state index in [1.807, 2.05) is 24.3 Å². The lowest BCUT2D eigenvalue weighted by atomic mass is 9.96. The molecule has 6 nitrogen and oxygen atoms in total. The molecule has 1 aliphatic heterocycles. The topological polar surface area (TPSA) is 71.0 Å². The Bertz CT molecular complexity index is 745. The molecule has 1 atom stereocenters. The number of hydrogen-bond acceptors (Lipinski definition) is 5. The highest BCUT2D eigenvalue weighted by molar-refractivity contribution is 5.79. The normalized spacial score (nSPS) is 20.9. The van der Waals surface area contributed by atoms with Crippen LogP contribution < -0.4 is 5.32 Å². The van der Waals surface area contributed by atoms with Crippen LogP contribution in [0.2, 0.25) is 0 Å². The quantitative estimate of drug-likeness (QED) is 0.906. The fourth-order valence-electron chi connectivity index (χ4n) is 4.08. The van der Waals surface area contributed by atoms with Gasteiger partial charge in [-0.15, -0.1) is 0 Å². The van der Waals surface area contributed by atoms with Crippen molar-refractivity contribution < 1.29 is 4.79 Å². The maximum atomic E-state index is 13.0. The molecule has 1 unspecified atom stereocenters. The fourth-order valence-corrected chi connectivity index (χ4v) is 4.08. The number of carbonyl (C=O) groups is 1. The SMILES string of the molecule is O=C(C1CCCC1)N1CCCCC1c1ccnc(Nc2ccccn2)n1. The molecule has 3 heterocycles. The number of hydrogen-bond donors (Lipinski definition) is 1. The Morgan fingerprint density at radius 3 is 2.65 bits per heavy atom. The molecule has 2 fully saturated rings. The largest absolute Gasteiger partial charge is 0.334 e. The van der Waals surface area contributed by atoms with Crippen LogP contribution in [0.15, 0.2) is 36.7 Å². The monoisotopic (exact) mass is 351 g/mol. The van der Waals surface area contributed by atoms with Crippen molar-refractivity contribution in [3.05, 3.63) is 42.4 Å². The molecule has 1 N–H and O–H groups in total. The predicted molar refractivity (Wildman–Crippen MR) is 99.8 cm³/mol. The van der Waals surface area contributed by atoms with E-state index in [9.17, 15) is 4.79 Å². The van der Waals surface area contributed by atoms with E-state index < -0.39 is 0 Å². The van der Waals surface area contributed by atoms with Crippen LogP contribution in [0, 0.1) is 5.92 Å². The zero-order chi connectivity index (χ0) is 17.8. The van der Waals surface area contributed by atoms with Crippen LogP contribution in [0.25, 0.3) is 0 Å². The molecule has 1 saturated heterocycles. The minimum absolute atomic E-state index is 0.0594. The summed E-state index contributed by atoms with van der Waals surface area (Å²) in [6.45, 7) is 0.840. The van der Waals surface area contributed by atoms with E-state index in [1.54, 1.807) is 12.4 Å². The minimum atomic E-state index is 0.0594. The van der Waals surface area contributed by atoms with Crippen molar-refractivity contribution in [1.29, 1.82) is 0 Å². The molecule has 136 valence electrons. The second-order valence-electron chi connectivity index (χ2n) is 7.17. The first-order valence-electron chi connectivity index (χ1n) is 9.63. The van der Waals surface area contributed by atoms with Gasteiger partial charge in [0.15, 0.2) is 0 Å². The summed E-state index contributed by atoms with van der Waals surface area (Å²) in [4.78, 5) is 28.4. The second kappa shape index (κ2) is 7.81. The number of pyridine rings is 1. The van der Waals surface area contributed by atoms with Crippen LogP contribution >= 0.6 is 0 Å². The molecule has 2 aromatic heterocycles. The van der Waals surface area contributed by atoms with Crippen molar-refractivity contribution >= 4 is 17.7 Å². The zero-order valence-electron chi connectivity index (χ0n) is 15.0. The first-order valence-corrected chi connectivity index (χ1v) is 9.63. The van der Waals surface area contributed by atoms with Crippen LogP contribution in [-0.2, 0) is 4.79 Å². The standard InChI is InChI=1S/C20H25N5O/c26-19(15-7-1-2-8-15)25-14-6-4-9-17(25)16-11-13-22-20(23-16)24-18-10-3-5-12-21-18/h3,5,10-13,15,17H,1-2,4,6-9,14H2,(H,21,22,23,24). The number of aromatic nitrogens is 3. The molecule has 2 aliphatic rings. The molecular formula is C20H25N5O. The third-order valence-corrected chi connectivity index (χ3v) is 5.41. The number of piperidine rings is 1. The number of carbonyl (C=O) groups excluding carboxylic acids is 1. The van der Waals surface area contributed by atoms with Gasteiger partial charge in [0, 0.05) is 24.9 Å². The van der Waals surface area contributed by atoms with E-state index in [-0.39, 0.29) is 12.0 Å². The van der Waals surface area contributed by atoms with Crippen LogP contribution in [-0.4, -0.2) is 32.3 Å². The number of likely N-dealkylation sites (tertiary alicyclic amines) is 1. The van der Waals surface area contributed by atoms with Gasteiger partial charge in [-0.2, -0.15) is 0 Å². The Labute approximate surface area is 154 Å². The van der Waals surface area contributed by atoms with E-state index in [2.05, 4.69) is 20.2 Å². The van der Waals surface area contributed by atoms with Gasteiger partial charge in [-0.25, -0.2) is 15.0 Å². The minimum Gasteiger partial charge on any atom is -0.334 e. The first kappa shape index (κ1) is 16.9. The number of rotatable bonds is 4. The summed E-state index contributed by atoms with van der Waals surface area (Å²) in [5.74, 6) is 1.78. The predicted octanol–water partition coefficient (Wildman–Crippen LogP) is 3.86. The Kier molecular flexibility index (Phi) is 5.09. The van der Waals surface area contributed by atoms with Crippen molar-refractivity contribution in [2.75, 3.05) is 11.9 Å². The molecule has 0 bridgehead atoms. The molecule has 1 saturated carbocycles. The van der Waals surface area contributed by atoms with Crippen LogP contribution in [0.1, 0.15) is 56.7 Å². The van der Waals surface area contributed by atoms with Crippen molar-refractivity contribution in [3.63, 3.8) is 0 Å². The summed E-state index contributed by atoms with van der Waals surface area (Å²) in [6, 6.07) is 7.67. The molecule has 4 rings (SSSR count). The first-order chi connectivity index (χ1) is 12.8. The summed E-state index contributed by atoms with van der Waals surface area (Å²) in [6.07, 6.45) is 11.1. The fraction of sp³-hybridized carbons (Fsp3) is 0.500. The van der Waals surface area contributed by atoms with Crippen molar-refractivity contribution in [2.24, 2.45) is 5.92 Å². The van der Waals surface area contributed by atoms with Crippen LogP contribution in [0.4, 0.5) is 11.8 Å². The smallest absolute Gasteiger partial charge is 0.228 e. The van der Waals surface area contributed by atoms with Gasteiger partial charge in [-0.05, 0) is 50.3 Å². The summed E-state index contributed by atoms with van der Waals surface area (Å²) in [5.41, 5.74) is 0.921. The molecule has 1 amide bonds. The van der Waals surface area contributed by atoms with Gasteiger partial charge >= 0.3 is 0 Å². The van der Waals surface area contributed by atoms with Gasteiger partial charge in [0.1, 0.15) is 5.82 Å². The number of nitrogens with zero attached hydrogens (tertiary/aromatic N) is 4. The van der Waals surface area contributed by atoms with Gasteiger partial charge in [0.05, 0.1) is 11.7 Å². The van der Waals surface area contributed by atoms with Gasteiger partial charge in [-0.1, -0.05) is 18.9 Å². The second-order valence-corrected chi connectivity index (χ2v) is 7.17. The van der Waals surface area contributed by atoms with Gasteiger partial charge in [-0.3, -0.25) is 4.79 Å². The number of anilines is 2. The molecule has 1 aliphatic carbocycles. The Hall–Kier alpha value is -2.50. The van der Waals surface area contributed by atoms with E-state index in [4.69, 9.17) is 4.98 Å². The van der Waals surface area contributed by atoms with Crippen molar-refractivity contribution in [2.45, 2.75) is 51.0 Å². The van der Waals surface area contributed by atoms with Gasteiger partial charge < -0.3 is 10.2 Å². The molecule has 26 heavy (non-hydrogen) atoms. The molecule has 6 heteroatoms. The number of amides is 1. The average molecular weight is 351 g/mol. The molecular weight excluding hydrogens is 326 g/mol. The highest BCUT2D eigenvalue weighted by Crippen LogP contribution is 2.35. The van der Waals surface area contributed by atoms with Crippen molar-refractivity contribution in [1.82, 2.24) is 19.9 Å². The third kappa shape index (κ3) is 3.69. The van der Waals surface area contributed by atoms with E-state index in [0.717, 1.165) is 44.3 Å². The maximum Gasteiger partial charge on any atom is 0.228 e. The summed E-state index contributed by atoms with van der Waals surface area (Å²) >= 11 is 0. The third-order valence-electron chi connectivity index (χ3n) is 5.41. The van der Waals surface area contributed by atoms with Crippen LogP contribution in [0.3, 0.4) is 0 Å². The lowest BCUT2D eigenvalue weighted by molar-refractivity contribution is -0.139. The van der Waals surface area contributed by atoms with E-state index in [0.29, 0.717) is 17.7 Å². The van der Waals surface area contributed by atoms with E-state index >= 15 is 0 Å². The van der Waals surface area contributed by atoms with Crippen molar-refractivity contribution in [3.8, 4) is 0 Å². The lowest BCUT2D eigenvalue weighted by Gasteiger charge is -2.37.